The molecule has 1 fully saturated rings. The monoisotopic (exact) mass is 422 g/mol. The zero-order valence-electron chi connectivity index (χ0n) is 15.2. The van der Waals surface area contributed by atoms with Gasteiger partial charge in [0.2, 0.25) is 0 Å². The van der Waals surface area contributed by atoms with Gasteiger partial charge in [0.15, 0.2) is 23.2 Å². The van der Waals surface area contributed by atoms with Crippen LogP contribution in [0.2, 0.25) is 0 Å². The van der Waals surface area contributed by atoms with E-state index in [9.17, 15) is 18.6 Å². The number of nitrogens with zero attached hydrogens (tertiary/aromatic N) is 5. The Kier molecular flexibility index (Phi) is 4.92. The molecule has 3 heterocycles. The van der Waals surface area contributed by atoms with Crippen LogP contribution in [0.15, 0.2) is 35.5 Å². The number of ether oxygens (including phenoxy) is 1. The quantitative estimate of drug-likeness (QED) is 0.436. The summed E-state index contributed by atoms with van der Waals surface area (Å²) in [4.78, 5) is 7.78. The summed E-state index contributed by atoms with van der Waals surface area (Å²) < 4.78 is 36.4. The second-order valence-corrected chi connectivity index (χ2v) is 8.18. The van der Waals surface area contributed by atoms with E-state index in [1.165, 1.54) is 18.5 Å². The fraction of sp³-hybridized carbons (Fsp3) is 0.375. The van der Waals surface area contributed by atoms with Crippen LogP contribution in [0.3, 0.4) is 0 Å². The third kappa shape index (κ3) is 3.54. The Bertz CT molecular complexity index is 1130. The fourth-order valence-electron chi connectivity index (χ4n) is 2.95. The van der Waals surface area contributed by atoms with Crippen LogP contribution in [0.1, 0.15) is 11.8 Å². The van der Waals surface area contributed by atoms with Gasteiger partial charge < -0.3 is 20.7 Å². The number of fused-ring (bicyclic) bond motifs is 1. The van der Waals surface area contributed by atoms with E-state index in [1.807, 2.05) is 6.92 Å². The number of aliphatic hydroxyl groups is 2. The summed E-state index contributed by atoms with van der Waals surface area (Å²) in [5.74, 6) is 0.0957. The van der Waals surface area contributed by atoms with Gasteiger partial charge in [-0.3, -0.25) is 4.18 Å². The van der Waals surface area contributed by atoms with E-state index < -0.39 is 41.3 Å². The highest BCUT2D eigenvalue weighted by molar-refractivity contribution is 7.86. The second-order valence-electron chi connectivity index (χ2n) is 6.56. The molecule has 0 amide bonds. The number of nitrogen functional groups attached to an aromatic ring is 1. The van der Waals surface area contributed by atoms with Gasteiger partial charge in [-0.05, 0) is 19.1 Å². The standard InChI is InChI=1S/C16H18N6O6S/c1-8-2-4-9(5-3-8)29(25,26)27-6-10-12(23)13(24)16(28-10)22-15-11(20-21-22)14(17)18-7-19-15/h2-5,7,10,12-13,16,23-24H,6H2,1H3,(H2,17,18,19). The van der Waals surface area contributed by atoms with E-state index >= 15 is 0 Å². The molecule has 0 radical (unpaired) electrons. The largest absolute Gasteiger partial charge is 0.387 e. The summed E-state index contributed by atoms with van der Waals surface area (Å²) in [6.45, 7) is 1.32. The van der Waals surface area contributed by atoms with Crippen molar-refractivity contribution in [2.75, 3.05) is 12.3 Å². The average Bonchev–Trinajstić information content (AvgIpc) is 3.24. The zero-order valence-corrected chi connectivity index (χ0v) is 16.0. The Balaban J connectivity index is 1.51. The third-order valence-corrected chi connectivity index (χ3v) is 5.86. The van der Waals surface area contributed by atoms with Crippen molar-refractivity contribution in [1.29, 1.82) is 0 Å². The Morgan fingerprint density at radius 3 is 2.66 bits per heavy atom. The van der Waals surface area contributed by atoms with Crippen LogP contribution in [0, 0.1) is 6.92 Å². The van der Waals surface area contributed by atoms with E-state index in [0.717, 1.165) is 10.2 Å². The third-order valence-electron chi connectivity index (χ3n) is 4.56. The van der Waals surface area contributed by atoms with E-state index in [0.29, 0.717) is 0 Å². The first-order chi connectivity index (χ1) is 13.8. The molecule has 0 bridgehead atoms. The SMILES string of the molecule is Cc1ccc(S(=O)(=O)OCC2OC(n3nnc4c(N)ncnc43)C(O)C2O)cc1. The molecule has 4 atom stereocenters. The molecule has 1 saturated heterocycles. The Hall–Kier alpha value is -2.71. The molecule has 2 aromatic heterocycles. The van der Waals surface area contributed by atoms with Crippen molar-refractivity contribution in [3.8, 4) is 0 Å². The number of aromatic nitrogens is 5. The number of hydrogen-bond acceptors (Lipinski definition) is 11. The van der Waals surface area contributed by atoms with Crippen LogP contribution in [0.4, 0.5) is 5.82 Å². The Labute approximate surface area is 165 Å². The van der Waals surface area contributed by atoms with Crippen LogP contribution in [0.5, 0.6) is 0 Å². The molecule has 4 rings (SSSR count). The van der Waals surface area contributed by atoms with Gasteiger partial charge in [-0.25, -0.2) is 9.97 Å². The van der Waals surface area contributed by atoms with Crippen LogP contribution in [0.25, 0.3) is 11.2 Å². The number of nitrogens with two attached hydrogens (primary N) is 1. The molecule has 154 valence electrons. The molecule has 4 N–H and O–H groups in total. The summed E-state index contributed by atoms with van der Waals surface area (Å²) in [6.07, 6.45) is -3.95. The molecule has 12 nitrogen and oxygen atoms in total. The van der Waals surface area contributed by atoms with Gasteiger partial charge in [-0.15, -0.1) is 5.10 Å². The predicted octanol–water partition coefficient (Wildman–Crippen LogP) is -0.863. The number of rotatable bonds is 5. The summed E-state index contributed by atoms with van der Waals surface area (Å²) in [7, 11) is -4.06. The topological polar surface area (TPSA) is 176 Å². The first-order valence-corrected chi connectivity index (χ1v) is 9.98. The second kappa shape index (κ2) is 7.27. The highest BCUT2D eigenvalue weighted by atomic mass is 32.2. The van der Waals surface area contributed by atoms with E-state index in [-0.39, 0.29) is 21.9 Å². The predicted molar refractivity (Wildman–Crippen MR) is 97.8 cm³/mol. The Morgan fingerprint density at radius 1 is 1.21 bits per heavy atom. The van der Waals surface area contributed by atoms with Crippen molar-refractivity contribution in [3.63, 3.8) is 0 Å². The van der Waals surface area contributed by atoms with Crippen molar-refractivity contribution < 1.29 is 27.6 Å². The lowest BCUT2D eigenvalue weighted by Crippen LogP contribution is -2.34. The number of aliphatic hydroxyl groups excluding tert-OH is 2. The lowest BCUT2D eigenvalue weighted by Gasteiger charge is -2.14. The number of hydrogen-bond donors (Lipinski definition) is 3. The zero-order chi connectivity index (χ0) is 20.8. The molecule has 0 aliphatic carbocycles. The average molecular weight is 422 g/mol. The van der Waals surface area contributed by atoms with Gasteiger partial charge >= 0.3 is 0 Å². The van der Waals surface area contributed by atoms with Gasteiger partial charge in [-0.1, -0.05) is 22.9 Å². The van der Waals surface area contributed by atoms with E-state index in [1.54, 1.807) is 12.1 Å². The molecular weight excluding hydrogens is 404 g/mol. The summed E-state index contributed by atoms with van der Waals surface area (Å²) in [6, 6.07) is 6.11. The molecule has 1 aromatic carbocycles. The molecule has 1 aliphatic rings. The lowest BCUT2D eigenvalue weighted by atomic mass is 10.1. The normalized spacial score (nSPS) is 24.9. The minimum Gasteiger partial charge on any atom is -0.387 e. The van der Waals surface area contributed by atoms with Crippen LogP contribution >= 0.6 is 0 Å². The van der Waals surface area contributed by atoms with Gasteiger partial charge in [-0.2, -0.15) is 13.1 Å². The minimum atomic E-state index is -4.06. The van der Waals surface area contributed by atoms with Gasteiger partial charge in [0.1, 0.15) is 24.6 Å². The van der Waals surface area contributed by atoms with E-state index in [4.69, 9.17) is 14.7 Å². The molecule has 0 saturated carbocycles. The Morgan fingerprint density at radius 2 is 1.93 bits per heavy atom. The lowest BCUT2D eigenvalue weighted by molar-refractivity contribution is -0.0535. The molecule has 29 heavy (non-hydrogen) atoms. The van der Waals surface area contributed by atoms with Crippen molar-refractivity contribution in [3.05, 3.63) is 36.2 Å². The van der Waals surface area contributed by atoms with Gasteiger partial charge in [0, 0.05) is 0 Å². The minimum absolute atomic E-state index is 0.0258. The highest BCUT2D eigenvalue weighted by Crippen LogP contribution is 2.31. The number of benzene rings is 1. The van der Waals surface area contributed by atoms with Crippen LogP contribution in [-0.2, 0) is 19.0 Å². The van der Waals surface area contributed by atoms with Crippen molar-refractivity contribution in [1.82, 2.24) is 25.0 Å². The maximum Gasteiger partial charge on any atom is 0.297 e. The first kappa shape index (κ1) is 19.6. The first-order valence-electron chi connectivity index (χ1n) is 8.57. The molecule has 13 heteroatoms. The number of anilines is 1. The molecular formula is C16H18N6O6S. The summed E-state index contributed by atoms with van der Waals surface area (Å²) in [5.41, 5.74) is 7.01. The fourth-order valence-corrected chi connectivity index (χ4v) is 3.87. The number of aryl methyl sites for hydroxylation is 1. The van der Waals surface area contributed by atoms with Crippen LogP contribution < -0.4 is 5.73 Å². The molecule has 4 unspecified atom stereocenters. The summed E-state index contributed by atoms with van der Waals surface area (Å²) in [5, 5.41) is 28.3. The maximum absolute atomic E-state index is 12.3. The van der Waals surface area contributed by atoms with Crippen molar-refractivity contribution >= 4 is 27.1 Å². The molecule has 1 aliphatic heterocycles. The van der Waals surface area contributed by atoms with Gasteiger partial charge in [0.05, 0.1) is 11.5 Å². The van der Waals surface area contributed by atoms with E-state index in [2.05, 4.69) is 20.3 Å². The van der Waals surface area contributed by atoms with Gasteiger partial charge in [0.25, 0.3) is 10.1 Å². The smallest absolute Gasteiger partial charge is 0.297 e. The van der Waals surface area contributed by atoms with Crippen molar-refractivity contribution in [2.24, 2.45) is 0 Å². The highest BCUT2D eigenvalue weighted by Gasteiger charge is 2.45. The molecule has 0 spiro atoms. The van der Waals surface area contributed by atoms with Crippen LogP contribution in [-0.4, -0.2) is 68.5 Å². The van der Waals surface area contributed by atoms with Crippen molar-refractivity contribution in [2.45, 2.75) is 36.4 Å². The maximum atomic E-state index is 12.3. The summed E-state index contributed by atoms with van der Waals surface area (Å²) >= 11 is 0. The molecule has 3 aromatic rings.